The second kappa shape index (κ2) is 34.8. The molecule has 0 fully saturated rings. The lowest BCUT2D eigenvalue weighted by atomic mass is 10.1. The van der Waals surface area contributed by atoms with Crippen LogP contribution in [0.1, 0.15) is 162 Å². The molecule has 0 heterocycles. The topological polar surface area (TPSA) is 132 Å². The fraction of sp³-hybridized carbons (Fsp3) is 0.865. The lowest BCUT2D eigenvalue weighted by molar-refractivity contribution is -0.154. The molecule has 3 N–H and O–H groups in total. The number of allylic oxidation sites excluding steroid dienone is 4. The van der Waals surface area contributed by atoms with Gasteiger partial charge in [-0.1, -0.05) is 141 Å². The number of hydrogen-bond donors (Lipinski definition) is 3. The molecule has 0 aromatic carbocycles. The number of esters is 1. The third-order valence-corrected chi connectivity index (χ3v) is 8.84. The first-order valence-electron chi connectivity index (χ1n) is 18.8. The van der Waals surface area contributed by atoms with Crippen molar-refractivity contribution in [2.24, 2.45) is 0 Å². The summed E-state index contributed by atoms with van der Waals surface area (Å²) in [6.45, 7) is 3.44. The summed E-state index contributed by atoms with van der Waals surface area (Å²) in [5.41, 5.74) is 0. The maximum Gasteiger partial charge on any atom is 0.472 e. The van der Waals surface area contributed by atoms with Crippen LogP contribution in [0.4, 0.5) is 0 Å². The molecule has 0 aromatic rings. The van der Waals surface area contributed by atoms with Crippen LogP contribution in [0.2, 0.25) is 0 Å². The molecule has 0 aromatic heterocycles. The fourth-order valence-corrected chi connectivity index (χ4v) is 5.75. The maximum absolute atomic E-state index is 12.5. The predicted octanol–water partition coefficient (Wildman–Crippen LogP) is 9.53. The Bertz CT molecular complexity index is 790. The summed E-state index contributed by atoms with van der Waals surface area (Å²) in [5.74, 6) is -0.388. The highest BCUT2D eigenvalue weighted by Gasteiger charge is 2.26. The fourth-order valence-electron chi connectivity index (χ4n) is 4.96. The van der Waals surface area contributed by atoms with E-state index < -0.39 is 33.2 Å². The summed E-state index contributed by atoms with van der Waals surface area (Å²) in [6, 6.07) is 0. The van der Waals surface area contributed by atoms with E-state index in [0.29, 0.717) is 6.61 Å². The second-order valence-corrected chi connectivity index (χ2v) is 14.1. The molecule has 0 saturated heterocycles. The predicted molar refractivity (Wildman–Crippen MR) is 191 cm³/mol. The van der Waals surface area contributed by atoms with E-state index >= 15 is 0 Å². The van der Waals surface area contributed by atoms with E-state index in [2.05, 4.69) is 38.2 Å². The molecular formula is C37H71O9P. The summed E-state index contributed by atoms with van der Waals surface area (Å²) in [5, 5.41) is 18.3. The Hall–Kier alpha value is -1.06. The molecular weight excluding hydrogens is 619 g/mol. The van der Waals surface area contributed by atoms with Crippen LogP contribution in [0.3, 0.4) is 0 Å². The maximum atomic E-state index is 12.5. The number of aliphatic hydroxyl groups excluding tert-OH is 2. The van der Waals surface area contributed by atoms with Crippen molar-refractivity contribution in [3.05, 3.63) is 24.3 Å². The van der Waals surface area contributed by atoms with Crippen molar-refractivity contribution >= 4 is 13.8 Å². The van der Waals surface area contributed by atoms with Crippen LogP contribution < -0.4 is 0 Å². The van der Waals surface area contributed by atoms with Gasteiger partial charge in [0.15, 0.2) is 0 Å². The van der Waals surface area contributed by atoms with Crippen molar-refractivity contribution in [1.29, 1.82) is 0 Å². The first-order valence-corrected chi connectivity index (χ1v) is 20.3. The molecule has 0 saturated carbocycles. The van der Waals surface area contributed by atoms with Crippen LogP contribution in [-0.4, -0.2) is 66.3 Å². The van der Waals surface area contributed by atoms with E-state index in [1.807, 2.05) is 0 Å². The lowest BCUT2D eigenvalue weighted by Gasteiger charge is -2.20. The molecule has 3 atom stereocenters. The number of ether oxygens (including phenoxy) is 2. The molecule has 0 amide bonds. The van der Waals surface area contributed by atoms with E-state index in [-0.39, 0.29) is 25.6 Å². The van der Waals surface area contributed by atoms with E-state index in [0.717, 1.165) is 51.4 Å². The van der Waals surface area contributed by atoms with Gasteiger partial charge in [0.25, 0.3) is 0 Å². The minimum Gasteiger partial charge on any atom is -0.457 e. The molecule has 0 spiro atoms. The van der Waals surface area contributed by atoms with Crippen molar-refractivity contribution in [2.45, 2.75) is 174 Å². The minimum atomic E-state index is -4.51. The van der Waals surface area contributed by atoms with Gasteiger partial charge in [0.1, 0.15) is 12.2 Å². The molecule has 0 radical (unpaired) electrons. The quantitative estimate of drug-likeness (QED) is 0.0254. The molecule has 0 aliphatic rings. The van der Waals surface area contributed by atoms with Gasteiger partial charge < -0.3 is 24.6 Å². The van der Waals surface area contributed by atoms with Crippen molar-refractivity contribution < 1.29 is 43.0 Å². The standard InChI is InChI=1S/C37H71O9P/c1-3-5-7-9-11-13-15-16-17-18-20-22-24-26-28-30-43-33-36(34-45-47(41,42)44-32-35(39)31-38)46-37(40)29-27-25-23-21-19-14-12-10-8-6-4-2/h9,11,15-16,35-36,38-39H,3-8,10,12-14,17-34H2,1-2H3,(H,41,42)/b11-9-,16-15-. The average molecular weight is 691 g/mol. The van der Waals surface area contributed by atoms with Crippen LogP contribution in [0, 0.1) is 0 Å². The Morgan fingerprint density at radius 2 is 1.17 bits per heavy atom. The summed E-state index contributed by atoms with van der Waals surface area (Å²) in [6.07, 6.45) is 32.7. The summed E-state index contributed by atoms with van der Waals surface area (Å²) >= 11 is 0. The molecule has 0 aliphatic heterocycles. The van der Waals surface area contributed by atoms with E-state index in [4.69, 9.17) is 23.6 Å². The molecule has 3 unspecified atom stereocenters. The van der Waals surface area contributed by atoms with Gasteiger partial charge in [-0.3, -0.25) is 13.8 Å². The summed E-state index contributed by atoms with van der Waals surface area (Å²) in [4.78, 5) is 22.4. The number of phosphoric acid groups is 1. The van der Waals surface area contributed by atoms with Crippen molar-refractivity contribution in [3.63, 3.8) is 0 Å². The third kappa shape index (κ3) is 34.6. The van der Waals surface area contributed by atoms with E-state index in [1.165, 1.54) is 89.9 Å². The summed E-state index contributed by atoms with van der Waals surface area (Å²) in [7, 11) is -4.51. The van der Waals surface area contributed by atoms with Gasteiger partial charge in [0, 0.05) is 13.0 Å². The SMILES string of the molecule is CCCC/C=C\C/C=C\CCCCCCCCOCC(COP(=O)(O)OCC(O)CO)OC(=O)CCCCCCCCCCCCC. The number of rotatable bonds is 36. The largest absolute Gasteiger partial charge is 0.472 e. The summed E-state index contributed by atoms with van der Waals surface area (Å²) < 4.78 is 33.2. The molecule has 9 nitrogen and oxygen atoms in total. The molecule has 0 rings (SSSR count). The van der Waals surface area contributed by atoms with Gasteiger partial charge in [0.05, 0.1) is 26.4 Å². The number of phosphoric ester groups is 1. The van der Waals surface area contributed by atoms with Crippen LogP contribution in [0.5, 0.6) is 0 Å². The van der Waals surface area contributed by atoms with Crippen molar-refractivity contribution in [2.75, 3.05) is 33.0 Å². The Morgan fingerprint density at radius 3 is 1.77 bits per heavy atom. The number of hydrogen-bond acceptors (Lipinski definition) is 8. The molecule has 10 heteroatoms. The molecule has 278 valence electrons. The number of unbranched alkanes of at least 4 members (excludes halogenated alkanes) is 18. The normalized spacial score (nSPS) is 14.6. The highest BCUT2D eigenvalue weighted by Crippen LogP contribution is 2.43. The Balaban J connectivity index is 4.24. The highest BCUT2D eigenvalue weighted by atomic mass is 31.2. The lowest BCUT2D eigenvalue weighted by Crippen LogP contribution is -2.29. The van der Waals surface area contributed by atoms with Gasteiger partial charge in [-0.25, -0.2) is 4.57 Å². The van der Waals surface area contributed by atoms with Gasteiger partial charge in [-0.05, 0) is 38.5 Å². The Morgan fingerprint density at radius 1 is 0.660 bits per heavy atom. The minimum absolute atomic E-state index is 0.0450. The monoisotopic (exact) mass is 690 g/mol. The van der Waals surface area contributed by atoms with Crippen LogP contribution in [-0.2, 0) is 27.9 Å². The zero-order chi connectivity index (χ0) is 34.7. The highest BCUT2D eigenvalue weighted by molar-refractivity contribution is 7.47. The van der Waals surface area contributed by atoms with Gasteiger partial charge >= 0.3 is 13.8 Å². The van der Waals surface area contributed by atoms with E-state index in [9.17, 15) is 19.4 Å². The van der Waals surface area contributed by atoms with Crippen molar-refractivity contribution in [3.8, 4) is 0 Å². The zero-order valence-corrected chi connectivity index (χ0v) is 30.9. The molecule has 0 aliphatic carbocycles. The first kappa shape index (κ1) is 45.9. The number of aliphatic hydroxyl groups is 2. The molecule has 47 heavy (non-hydrogen) atoms. The average Bonchev–Trinajstić information content (AvgIpc) is 3.06. The van der Waals surface area contributed by atoms with Crippen LogP contribution in [0.15, 0.2) is 24.3 Å². The smallest absolute Gasteiger partial charge is 0.457 e. The van der Waals surface area contributed by atoms with Gasteiger partial charge in [-0.15, -0.1) is 0 Å². The number of carbonyl (C=O) groups is 1. The van der Waals surface area contributed by atoms with Gasteiger partial charge in [-0.2, -0.15) is 0 Å². The number of carbonyl (C=O) groups excluding carboxylic acids is 1. The second-order valence-electron chi connectivity index (χ2n) is 12.6. The van der Waals surface area contributed by atoms with Gasteiger partial charge in [0.2, 0.25) is 0 Å². The molecule has 0 bridgehead atoms. The van der Waals surface area contributed by atoms with Crippen LogP contribution in [0.25, 0.3) is 0 Å². The van der Waals surface area contributed by atoms with Crippen molar-refractivity contribution in [1.82, 2.24) is 0 Å². The third-order valence-electron chi connectivity index (χ3n) is 7.89. The Labute approximate surface area is 287 Å². The zero-order valence-electron chi connectivity index (χ0n) is 30.0. The first-order chi connectivity index (χ1) is 22.8. The van der Waals surface area contributed by atoms with E-state index in [1.54, 1.807) is 0 Å². The van der Waals surface area contributed by atoms with Crippen LogP contribution >= 0.6 is 7.82 Å². The Kier molecular flexibility index (Phi) is 34.0.